The zero-order valence-corrected chi connectivity index (χ0v) is 12.3. The number of nitrogens with one attached hydrogen (secondary N) is 1. The molecule has 3 rings (SSSR count). The maximum Gasteiger partial charge on any atom is 0.244 e. The fraction of sp³-hybridized carbons (Fsp3) is 0.467. The molecule has 1 aliphatic rings. The van der Waals surface area contributed by atoms with E-state index in [1.54, 1.807) is 0 Å². The third-order valence-electron chi connectivity index (χ3n) is 4.17. The number of nitrogens with two attached hydrogens (primary N) is 1. The number of primary amides is 1. The van der Waals surface area contributed by atoms with E-state index < -0.39 is 11.4 Å². The highest BCUT2D eigenvalue weighted by Gasteiger charge is 2.39. The van der Waals surface area contributed by atoms with Crippen molar-refractivity contribution in [2.45, 2.75) is 44.2 Å². The molecule has 0 atom stereocenters. The Morgan fingerprint density at radius 3 is 2.27 bits per heavy atom. The van der Waals surface area contributed by atoms with Crippen molar-refractivity contribution < 1.29 is 9.59 Å². The van der Waals surface area contributed by atoms with E-state index in [9.17, 15) is 9.59 Å². The number of aromatic nitrogens is 3. The lowest BCUT2D eigenvalue weighted by Crippen LogP contribution is -2.59. The molecular weight excluding hydrogens is 282 g/mol. The third kappa shape index (κ3) is 2.79. The highest BCUT2D eigenvalue weighted by atomic mass is 16.2. The van der Waals surface area contributed by atoms with E-state index in [0.717, 1.165) is 30.3 Å². The van der Waals surface area contributed by atoms with Crippen LogP contribution in [0.5, 0.6) is 0 Å². The minimum absolute atomic E-state index is 0.0241. The Hall–Kier alpha value is -2.44. The molecular formula is C15H19N5O2. The summed E-state index contributed by atoms with van der Waals surface area (Å²) in [5.41, 5.74) is 6.07. The second-order valence-electron chi connectivity index (χ2n) is 5.77. The van der Waals surface area contributed by atoms with Gasteiger partial charge in [-0.1, -0.05) is 31.4 Å². The minimum atomic E-state index is -0.915. The number of hydrogen-bond donors (Lipinski definition) is 2. The smallest absolute Gasteiger partial charge is 0.244 e. The van der Waals surface area contributed by atoms with Gasteiger partial charge in [0.15, 0.2) is 0 Å². The molecule has 0 unspecified atom stereocenters. The zero-order chi connectivity index (χ0) is 15.6. The van der Waals surface area contributed by atoms with E-state index >= 15 is 0 Å². The van der Waals surface area contributed by atoms with Gasteiger partial charge in [0.1, 0.15) is 23.1 Å². The van der Waals surface area contributed by atoms with Crippen LogP contribution in [0.25, 0.3) is 11.0 Å². The molecule has 1 aliphatic carbocycles. The van der Waals surface area contributed by atoms with Crippen LogP contribution in [0.15, 0.2) is 24.3 Å². The molecule has 116 valence electrons. The molecule has 2 amide bonds. The molecule has 1 aromatic carbocycles. The second kappa shape index (κ2) is 5.75. The maximum atomic E-state index is 12.2. The van der Waals surface area contributed by atoms with Gasteiger partial charge in [-0.25, -0.2) is 0 Å². The summed E-state index contributed by atoms with van der Waals surface area (Å²) < 4.78 is 0. The number of benzene rings is 1. The highest BCUT2D eigenvalue weighted by Crippen LogP contribution is 2.27. The summed E-state index contributed by atoms with van der Waals surface area (Å²) in [7, 11) is 0. The van der Waals surface area contributed by atoms with Gasteiger partial charge in [0, 0.05) is 0 Å². The predicted octanol–water partition coefficient (Wildman–Crippen LogP) is 0.736. The molecule has 0 radical (unpaired) electrons. The lowest BCUT2D eigenvalue weighted by Gasteiger charge is -2.34. The average molecular weight is 301 g/mol. The quantitative estimate of drug-likeness (QED) is 0.869. The van der Waals surface area contributed by atoms with E-state index in [2.05, 4.69) is 15.5 Å². The Bertz CT molecular complexity index is 670. The van der Waals surface area contributed by atoms with Crippen molar-refractivity contribution in [1.82, 2.24) is 20.3 Å². The van der Waals surface area contributed by atoms with Crippen molar-refractivity contribution in [3.8, 4) is 0 Å². The first-order valence-electron chi connectivity index (χ1n) is 7.50. The van der Waals surface area contributed by atoms with Gasteiger partial charge < -0.3 is 11.1 Å². The van der Waals surface area contributed by atoms with Crippen LogP contribution in [0.1, 0.15) is 32.1 Å². The number of carbonyl (C=O) groups excluding carboxylic acids is 2. The summed E-state index contributed by atoms with van der Waals surface area (Å²) in [6, 6.07) is 7.41. The van der Waals surface area contributed by atoms with E-state index in [1.807, 2.05) is 24.3 Å². The van der Waals surface area contributed by atoms with Crippen LogP contribution >= 0.6 is 0 Å². The molecule has 1 saturated carbocycles. The summed E-state index contributed by atoms with van der Waals surface area (Å²) >= 11 is 0. The van der Waals surface area contributed by atoms with E-state index in [4.69, 9.17) is 5.73 Å². The van der Waals surface area contributed by atoms with E-state index in [1.165, 1.54) is 4.80 Å². The maximum absolute atomic E-state index is 12.2. The topological polar surface area (TPSA) is 103 Å². The molecule has 7 heteroatoms. The Morgan fingerprint density at radius 1 is 1.14 bits per heavy atom. The van der Waals surface area contributed by atoms with Crippen molar-refractivity contribution in [1.29, 1.82) is 0 Å². The van der Waals surface area contributed by atoms with Crippen LogP contribution in [-0.2, 0) is 16.1 Å². The van der Waals surface area contributed by atoms with Crippen molar-refractivity contribution in [3.63, 3.8) is 0 Å². The van der Waals surface area contributed by atoms with Gasteiger partial charge in [0.2, 0.25) is 11.8 Å². The summed E-state index contributed by atoms with van der Waals surface area (Å²) in [5, 5.41) is 11.3. The molecule has 1 heterocycles. The Balaban J connectivity index is 1.72. The van der Waals surface area contributed by atoms with Gasteiger partial charge in [0.05, 0.1) is 0 Å². The lowest BCUT2D eigenvalue weighted by atomic mass is 9.81. The van der Waals surface area contributed by atoms with Crippen LogP contribution < -0.4 is 11.1 Å². The summed E-state index contributed by atoms with van der Waals surface area (Å²) in [4.78, 5) is 25.4. The van der Waals surface area contributed by atoms with Crippen molar-refractivity contribution >= 4 is 22.8 Å². The first-order valence-corrected chi connectivity index (χ1v) is 7.50. The molecule has 1 fully saturated rings. The normalized spacial score (nSPS) is 17.3. The minimum Gasteiger partial charge on any atom is -0.368 e. The molecule has 7 nitrogen and oxygen atoms in total. The number of hydrogen-bond acceptors (Lipinski definition) is 4. The molecule has 0 bridgehead atoms. The fourth-order valence-corrected chi connectivity index (χ4v) is 3.00. The van der Waals surface area contributed by atoms with Crippen LogP contribution in [0.4, 0.5) is 0 Å². The summed E-state index contributed by atoms with van der Waals surface area (Å²) in [6.07, 6.45) is 4.06. The van der Waals surface area contributed by atoms with Gasteiger partial charge in [-0.2, -0.15) is 15.0 Å². The van der Waals surface area contributed by atoms with Crippen molar-refractivity contribution in [2.75, 3.05) is 0 Å². The molecule has 2 aromatic rings. The largest absolute Gasteiger partial charge is 0.368 e. The van der Waals surface area contributed by atoms with Gasteiger partial charge in [-0.3, -0.25) is 9.59 Å². The SMILES string of the molecule is NC(=O)C1(NC(=O)Cn2nc3ccccc3n2)CCCCC1. The third-order valence-corrected chi connectivity index (χ3v) is 4.17. The number of carbonyl (C=O) groups is 2. The first kappa shape index (κ1) is 14.5. The lowest BCUT2D eigenvalue weighted by molar-refractivity contribution is -0.133. The fourth-order valence-electron chi connectivity index (χ4n) is 3.00. The van der Waals surface area contributed by atoms with Crippen molar-refractivity contribution in [3.05, 3.63) is 24.3 Å². The number of amides is 2. The van der Waals surface area contributed by atoms with Crippen LogP contribution in [0.2, 0.25) is 0 Å². The molecule has 22 heavy (non-hydrogen) atoms. The molecule has 0 saturated heterocycles. The van der Waals surface area contributed by atoms with Gasteiger partial charge in [-0.15, -0.1) is 0 Å². The van der Waals surface area contributed by atoms with Gasteiger partial charge in [-0.05, 0) is 25.0 Å². The first-order chi connectivity index (χ1) is 10.6. The monoisotopic (exact) mass is 301 g/mol. The second-order valence-corrected chi connectivity index (χ2v) is 5.77. The standard InChI is InChI=1S/C15H19N5O2/c16-14(22)15(8-4-1-5-9-15)17-13(21)10-20-18-11-6-2-3-7-12(11)19-20/h2-3,6-7H,1,4-5,8-10H2,(H2,16,22)(H,17,21). The number of nitrogens with zero attached hydrogens (tertiary/aromatic N) is 3. The zero-order valence-electron chi connectivity index (χ0n) is 12.3. The highest BCUT2D eigenvalue weighted by molar-refractivity contribution is 5.90. The Kier molecular flexibility index (Phi) is 3.79. The molecule has 0 spiro atoms. The molecule has 1 aromatic heterocycles. The Morgan fingerprint density at radius 2 is 1.73 bits per heavy atom. The summed E-state index contributed by atoms with van der Waals surface area (Å²) in [6.45, 7) is -0.0241. The van der Waals surface area contributed by atoms with Crippen molar-refractivity contribution in [2.24, 2.45) is 5.73 Å². The van der Waals surface area contributed by atoms with E-state index in [0.29, 0.717) is 12.8 Å². The van der Waals surface area contributed by atoms with Crippen LogP contribution in [0, 0.1) is 0 Å². The van der Waals surface area contributed by atoms with Crippen LogP contribution in [-0.4, -0.2) is 32.3 Å². The van der Waals surface area contributed by atoms with Gasteiger partial charge in [0.25, 0.3) is 0 Å². The van der Waals surface area contributed by atoms with E-state index in [-0.39, 0.29) is 12.5 Å². The average Bonchev–Trinajstić information content (AvgIpc) is 2.89. The molecule has 3 N–H and O–H groups in total. The van der Waals surface area contributed by atoms with Crippen LogP contribution in [0.3, 0.4) is 0 Å². The Labute approximate surface area is 127 Å². The summed E-state index contributed by atoms with van der Waals surface area (Å²) in [5.74, 6) is -0.750. The van der Waals surface area contributed by atoms with Gasteiger partial charge >= 0.3 is 0 Å². The molecule has 0 aliphatic heterocycles. The number of fused-ring (bicyclic) bond motifs is 1. The predicted molar refractivity (Wildman–Crippen MR) is 80.7 cm³/mol. The number of rotatable bonds is 4.